The van der Waals surface area contributed by atoms with Crippen LogP contribution in [-0.2, 0) is 0 Å². The maximum Gasteiger partial charge on any atom is 0.237 e. The SMILES string of the molecule is OC1=CN=C2N(O)C=C(O)N2C1. The van der Waals surface area contributed by atoms with Crippen molar-refractivity contribution >= 4 is 5.96 Å². The average Bonchev–Trinajstić information content (AvgIpc) is 2.28. The summed E-state index contributed by atoms with van der Waals surface area (Å²) in [4.78, 5) is 4.97. The van der Waals surface area contributed by atoms with Gasteiger partial charge in [0.1, 0.15) is 5.76 Å². The molecule has 64 valence electrons. The molecular formula is C6H7N3O3. The predicted molar refractivity (Wildman–Crippen MR) is 39.2 cm³/mol. The lowest BCUT2D eigenvalue weighted by Gasteiger charge is -2.21. The predicted octanol–water partition coefficient (Wildman–Crippen LogP) is 0.119. The van der Waals surface area contributed by atoms with E-state index in [0.29, 0.717) is 5.06 Å². The minimum Gasteiger partial charge on any atom is -0.509 e. The zero-order chi connectivity index (χ0) is 8.72. The number of aliphatic hydroxyl groups is 2. The van der Waals surface area contributed by atoms with Crippen LogP contribution in [0.15, 0.2) is 29.0 Å². The summed E-state index contributed by atoms with van der Waals surface area (Å²) in [6, 6.07) is 0. The van der Waals surface area contributed by atoms with Gasteiger partial charge in [-0.3, -0.25) is 10.1 Å². The summed E-state index contributed by atoms with van der Waals surface area (Å²) in [7, 11) is 0. The highest BCUT2D eigenvalue weighted by Crippen LogP contribution is 2.18. The van der Waals surface area contributed by atoms with Gasteiger partial charge in [-0.25, -0.2) is 4.99 Å². The minimum absolute atomic E-state index is 0.0361. The Hall–Kier alpha value is -1.69. The fourth-order valence-electron chi connectivity index (χ4n) is 1.08. The van der Waals surface area contributed by atoms with E-state index in [4.69, 9.17) is 10.3 Å². The third-order valence-corrected chi connectivity index (χ3v) is 1.61. The topological polar surface area (TPSA) is 79.5 Å². The van der Waals surface area contributed by atoms with Gasteiger partial charge in [0, 0.05) is 0 Å². The lowest BCUT2D eigenvalue weighted by Crippen LogP contribution is -2.36. The van der Waals surface area contributed by atoms with Gasteiger partial charge < -0.3 is 10.2 Å². The highest BCUT2D eigenvalue weighted by atomic mass is 16.5. The molecule has 3 N–H and O–H groups in total. The molecule has 0 aromatic heterocycles. The van der Waals surface area contributed by atoms with Gasteiger partial charge >= 0.3 is 0 Å². The Morgan fingerprint density at radius 3 is 2.92 bits per heavy atom. The first-order valence-corrected chi connectivity index (χ1v) is 3.31. The molecular weight excluding hydrogens is 162 g/mol. The number of hydrogen-bond acceptors (Lipinski definition) is 6. The Kier molecular flexibility index (Phi) is 1.25. The van der Waals surface area contributed by atoms with Crippen molar-refractivity contribution in [3.05, 3.63) is 24.0 Å². The molecule has 0 fully saturated rings. The monoisotopic (exact) mass is 169 g/mol. The summed E-state index contributed by atoms with van der Waals surface area (Å²) in [5.41, 5.74) is 0. The van der Waals surface area contributed by atoms with Crippen LogP contribution < -0.4 is 0 Å². The zero-order valence-corrected chi connectivity index (χ0v) is 6.05. The molecule has 0 aromatic rings. The number of rotatable bonds is 0. The summed E-state index contributed by atoms with van der Waals surface area (Å²) in [6.07, 6.45) is 2.33. The largest absolute Gasteiger partial charge is 0.509 e. The molecule has 0 saturated carbocycles. The summed E-state index contributed by atoms with van der Waals surface area (Å²) < 4.78 is 0. The standard InChI is InChI=1S/C6H7N3O3/c10-4-1-7-6-8(2-4)5(11)3-9(6)12/h1,3,10-12H,2H2. The molecule has 6 nitrogen and oxygen atoms in total. The molecule has 2 heterocycles. The van der Waals surface area contributed by atoms with Crippen molar-refractivity contribution in [1.29, 1.82) is 0 Å². The first-order chi connectivity index (χ1) is 5.68. The molecule has 0 radical (unpaired) electrons. The quantitative estimate of drug-likeness (QED) is 0.480. The van der Waals surface area contributed by atoms with Crippen LogP contribution >= 0.6 is 0 Å². The first kappa shape index (κ1) is 6.99. The van der Waals surface area contributed by atoms with E-state index in [-0.39, 0.29) is 24.1 Å². The Morgan fingerprint density at radius 1 is 1.42 bits per heavy atom. The molecule has 0 aliphatic carbocycles. The first-order valence-electron chi connectivity index (χ1n) is 3.31. The van der Waals surface area contributed by atoms with E-state index in [1.165, 1.54) is 11.1 Å². The second-order valence-electron chi connectivity index (χ2n) is 2.47. The number of fused-ring (bicyclic) bond motifs is 1. The molecule has 0 aromatic carbocycles. The van der Waals surface area contributed by atoms with Crippen molar-refractivity contribution in [1.82, 2.24) is 9.96 Å². The zero-order valence-electron chi connectivity index (χ0n) is 6.05. The van der Waals surface area contributed by atoms with Gasteiger partial charge in [-0.2, -0.15) is 5.06 Å². The second-order valence-corrected chi connectivity index (χ2v) is 2.47. The van der Waals surface area contributed by atoms with E-state index >= 15 is 0 Å². The number of aliphatic hydroxyl groups excluding tert-OH is 2. The van der Waals surface area contributed by atoms with Gasteiger partial charge in [-0.05, 0) is 0 Å². The van der Waals surface area contributed by atoms with Crippen molar-refractivity contribution in [2.24, 2.45) is 4.99 Å². The van der Waals surface area contributed by atoms with E-state index in [9.17, 15) is 5.11 Å². The highest BCUT2D eigenvalue weighted by molar-refractivity contribution is 5.85. The molecule has 0 atom stereocenters. The van der Waals surface area contributed by atoms with Gasteiger partial charge in [-0.15, -0.1) is 0 Å². The van der Waals surface area contributed by atoms with Crippen LogP contribution in [0.1, 0.15) is 0 Å². The fourth-order valence-corrected chi connectivity index (χ4v) is 1.08. The minimum atomic E-state index is -0.143. The second kappa shape index (κ2) is 2.15. The van der Waals surface area contributed by atoms with Crippen molar-refractivity contribution < 1.29 is 15.4 Å². The van der Waals surface area contributed by atoms with Gasteiger partial charge in [0.25, 0.3) is 0 Å². The molecule has 2 rings (SSSR count). The van der Waals surface area contributed by atoms with Crippen LogP contribution in [0.2, 0.25) is 0 Å². The molecule has 0 amide bonds. The molecule has 6 heteroatoms. The van der Waals surface area contributed by atoms with Crippen LogP contribution in [-0.4, -0.2) is 37.9 Å². The molecule has 0 unspecified atom stereocenters. The molecule has 2 aliphatic rings. The summed E-state index contributed by atoms with van der Waals surface area (Å²) in [6.45, 7) is 0.123. The van der Waals surface area contributed by atoms with Crippen LogP contribution in [0.25, 0.3) is 0 Å². The molecule has 0 saturated heterocycles. The van der Waals surface area contributed by atoms with Crippen molar-refractivity contribution in [2.45, 2.75) is 0 Å². The van der Waals surface area contributed by atoms with Crippen molar-refractivity contribution in [3.63, 3.8) is 0 Å². The van der Waals surface area contributed by atoms with E-state index < -0.39 is 0 Å². The summed E-state index contributed by atoms with van der Waals surface area (Å²) in [5.74, 6) is 0.0789. The van der Waals surface area contributed by atoms with Crippen LogP contribution in [0.4, 0.5) is 0 Å². The van der Waals surface area contributed by atoms with Crippen LogP contribution in [0, 0.1) is 0 Å². The Balaban J connectivity index is 2.35. The van der Waals surface area contributed by atoms with Crippen molar-refractivity contribution in [2.75, 3.05) is 6.54 Å². The van der Waals surface area contributed by atoms with Gasteiger partial charge in [0.2, 0.25) is 11.8 Å². The van der Waals surface area contributed by atoms with Crippen molar-refractivity contribution in [3.8, 4) is 0 Å². The third kappa shape index (κ3) is 0.817. The smallest absolute Gasteiger partial charge is 0.237 e. The maximum atomic E-state index is 9.18. The van der Waals surface area contributed by atoms with E-state index in [0.717, 1.165) is 6.20 Å². The van der Waals surface area contributed by atoms with Gasteiger partial charge in [0.05, 0.1) is 18.9 Å². The lowest BCUT2D eigenvalue weighted by atomic mass is 10.4. The molecule has 0 bridgehead atoms. The van der Waals surface area contributed by atoms with E-state index in [1.54, 1.807) is 0 Å². The lowest BCUT2D eigenvalue weighted by molar-refractivity contribution is 0.0344. The Morgan fingerprint density at radius 2 is 2.17 bits per heavy atom. The summed E-state index contributed by atoms with van der Waals surface area (Å²) in [5, 5.41) is 28.0. The van der Waals surface area contributed by atoms with Crippen LogP contribution in [0.3, 0.4) is 0 Å². The Labute approximate surface area is 67.9 Å². The maximum absolute atomic E-state index is 9.18. The number of hydroxylamine groups is 2. The average molecular weight is 169 g/mol. The Bertz CT molecular complexity index is 307. The van der Waals surface area contributed by atoms with Crippen LogP contribution in [0.5, 0.6) is 0 Å². The van der Waals surface area contributed by atoms with E-state index in [2.05, 4.69) is 4.99 Å². The number of hydrogen-bond donors (Lipinski definition) is 3. The highest BCUT2D eigenvalue weighted by Gasteiger charge is 2.30. The molecule has 0 spiro atoms. The fraction of sp³-hybridized carbons (Fsp3) is 0.167. The normalized spacial score (nSPS) is 21.6. The number of aliphatic imine (C=N–C) groups is 1. The number of guanidine groups is 1. The third-order valence-electron chi connectivity index (χ3n) is 1.61. The molecule has 12 heavy (non-hydrogen) atoms. The van der Waals surface area contributed by atoms with Gasteiger partial charge in [-0.1, -0.05) is 0 Å². The number of nitrogens with zero attached hydrogens (tertiary/aromatic N) is 3. The van der Waals surface area contributed by atoms with E-state index in [1.807, 2.05) is 0 Å². The van der Waals surface area contributed by atoms with Gasteiger partial charge in [0.15, 0.2) is 0 Å². The molecule has 2 aliphatic heterocycles. The summed E-state index contributed by atoms with van der Waals surface area (Å²) >= 11 is 0.